The lowest BCUT2D eigenvalue weighted by atomic mass is 10.3. The van der Waals surface area contributed by atoms with E-state index in [1.165, 1.54) is 58.0 Å². The number of hydrogen-bond acceptors (Lipinski definition) is 10. The molecule has 0 saturated carbocycles. The second-order valence-corrected chi connectivity index (χ2v) is 6.50. The third kappa shape index (κ3) is 5.08. The summed E-state index contributed by atoms with van der Waals surface area (Å²) in [6.45, 7) is 0. The van der Waals surface area contributed by atoms with Gasteiger partial charge in [-0.05, 0) is 36.4 Å². The van der Waals surface area contributed by atoms with Crippen molar-refractivity contribution < 1.29 is 19.2 Å². The highest BCUT2D eigenvalue weighted by atomic mass is 33.1. The average molecular weight is 382 g/mol. The molecular formula is C16H6N4O4S2. The zero-order valence-corrected chi connectivity index (χ0v) is 14.3. The summed E-state index contributed by atoms with van der Waals surface area (Å²) in [4.78, 5) is 57.1. The standard InChI is InChI=1S/C16H6N4O4S2/c21-7-17-11-1-3-15(13(5-11)19-9-23)25-26-16-4-2-12(18-8-22)6-14(16)20-10-24/h1-6H. The number of benzene rings is 2. The maximum Gasteiger partial charge on any atom is 0.240 e. The van der Waals surface area contributed by atoms with Gasteiger partial charge in [-0.25, -0.2) is 19.2 Å². The number of nitrogens with zero attached hydrogens (tertiary/aromatic N) is 4. The van der Waals surface area contributed by atoms with Gasteiger partial charge in [-0.15, -0.1) is 0 Å². The summed E-state index contributed by atoms with van der Waals surface area (Å²) < 4.78 is 0. The number of isocyanates is 4. The van der Waals surface area contributed by atoms with E-state index in [-0.39, 0.29) is 11.4 Å². The van der Waals surface area contributed by atoms with Crippen LogP contribution in [-0.2, 0) is 19.2 Å². The van der Waals surface area contributed by atoms with E-state index in [1.54, 1.807) is 24.3 Å². The smallest absolute Gasteiger partial charge is 0.211 e. The fourth-order valence-corrected chi connectivity index (χ4v) is 3.95. The summed E-state index contributed by atoms with van der Waals surface area (Å²) in [5.74, 6) is 0. The molecule has 0 spiro atoms. The van der Waals surface area contributed by atoms with Crippen LogP contribution in [0.5, 0.6) is 0 Å². The predicted molar refractivity (Wildman–Crippen MR) is 95.7 cm³/mol. The molecule has 2 rings (SSSR count). The van der Waals surface area contributed by atoms with Crippen LogP contribution in [0.3, 0.4) is 0 Å². The first-order valence-electron chi connectivity index (χ1n) is 6.66. The van der Waals surface area contributed by atoms with Crippen molar-refractivity contribution in [2.75, 3.05) is 0 Å². The van der Waals surface area contributed by atoms with E-state index in [2.05, 4.69) is 20.0 Å². The Morgan fingerprint density at radius 2 is 0.962 bits per heavy atom. The van der Waals surface area contributed by atoms with Crippen molar-refractivity contribution in [1.82, 2.24) is 0 Å². The third-order valence-corrected chi connectivity index (χ3v) is 5.25. The van der Waals surface area contributed by atoms with Gasteiger partial charge >= 0.3 is 0 Å². The van der Waals surface area contributed by atoms with Gasteiger partial charge < -0.3 is 0 Å². The predicted octanol–water partition coefficient (Wildman–Crippen LogP) is 4.36. The molecule has 0 fully saturated rings. The Morgan fingerprint density at radius 1 is 0.577 bits per heavy atom. The van der Waals surface area contributed by atoms with Crippen molar-refractivity contribution in [3.05, 3.63) is 36.4 Å². The first-order valence-corrected chi connectivity index (χ1v) is 8.81. The molecule has 0 aromatic heterocycles. The summed E-state index contributed by atoms with van der Waals surface area (Å²) >= 11 is 0. The van der Waals surface area contributed by atoms with E-state index >= 15 is 0 Å². The van der Waals surface area contributed by atoms with Crippen LogP contribution in [0.1, 0.15) is 0 Å². The Balaban J connectivity index is 2.33. The molecule has 0 radical (unpaired) electrons. The van der Waals surface area contributed by atoms with E-state index in [0.29, 0.717) is 21.2 Å². The highest BCUT2D eigenvalue weighted by Gasteiger charge is 2.09. The van der Waals surface area contributed by atoms with Crippen LogP contribution in [0.4, 0.5) is 22.7 Å². The van der Waals surface area contributed by atoms with Crippen LogP contribution in [0.15, 0.2) is 66.2 Å². The Morgan fingerprint density at radius 3 is 1.31 bits per heavy atom. The molecule has 0 N–H and O–H groups in total. The molecule has 0 aliphatic heterocycles. The fourth-order valence-electron chi connectivity index (χ4n) is 1.76. The number of hydrogen-bond donors (Lipinski definition) is 0. The van der Waals surface area contributed by atoms with Crippen molar-refractivity contribution >= 4 is 68.7 Å². The van der Waals surface area contributed by atoms with E-state index in [9.17, 15) is 19.2 Å². The third-order valence-electron chi connectivity index (χ3n) is 2.79. The van der Waals surface area contributed by atoms with Gasteiger partial charge in [-0.3, -0.25) is 0 Å². The Labute approximate surface area is 154 Å². The van der Waals surface area contributed by atoms with Crippen LogP contribution in [0.25, 0.3) is 0 Å². The highest BCUT2D eigenvalue weighted by molar-refractivity contribution is 8.76. The lowest BCUT2D eigenvalue weighted by molar-refractivity contribution is 0.564. The Kier molecular flexibility index (Phi) is 7.18. The van der Waals surface area contributed by atoms with E-state index in [4.69, 9.17) is 0 Å². The summed E-state index contributed by atoms with van der Waals surface area (Å²) in [7, 11) is 2.46. The molecule has 2 aromatic carbocycles. The monoisotopic (exact) mass is 382 g/mol. The molecule has 2 aromatic rings. The van der Waals surface area contributed by atoms with Crippen LogP contribution in [0, 0.1) is 0 Å². The topological polar surface area (TPSA) is 118 Å². The normalized spacial score (nSPS) is 9.08. The highest BCUT2D eigenvalue weighted by Crippen LogP contribution is 2.46. The van der Waals surface area contributed by atoms with Gasteiger partial charge in [0.2, 0.25) is 24.3 Å². The SMILES string of the molecule is O=C=Nc1ccc(SSc2ccc(N=C=O)cc2N=C=O)c(N=C=O)c1. The van der Waals surface area contributed by atoms with Gasteiger partial charge in [-0.1, -0.05) is 21.6 Å². The summed E-state index contributed by atoms with van der Waals surface area (Å²) in [5.41, 5.74) is 1.14. The minimum atomic E-state index is 0.275. The second kappa shape index (κ2) is 9.84. The molecule has 0 aliphatic rings. The van der Waals surface area contributed by atoms with Crippen molar-refractivity contribution in [1.29, 1.82) is 0 Å². The molecule has 0 unspecified atom stereocenters. The van der Waals surface area contributed by atoms with Gasteiger partial charge in [0, 0.05) is 9.79 Å². The number of carbonyl (C=O) groups excluding carboxylic acids is 4. The molecule has 0 atom stereocenters. The lowest BCUT2D eigenvalue weighted by Crippen LogP contribution is -1.75. The van der Waals surface area contributed by atoms with Crippen LogP contribution in [-0.4, -0.2) is 24.3 Å². The Hall–Kier alpha value is -3.34. The molecule has 0 aliphatic carbocycles. The zero-order chi connectivity index (χ0) is 18.8. The molecule has 0 heterocycles. The first kappa shape index (κ1) is 19.0. The van der Waals surface area contributed by atoms with E-state index in [1.807, 2.05) is 0 Å². The minimum absolute atomic E-state index is 0.275. The molecule has 10 heteroatoms. The molecule has 0 bridgehead atoms. The largest absolute Gasteiger partial charge is 0.240 e. The second-order valence-electron chi connectivity index (χ2n) is 4.28. The summed E-state index contributed by atoms with van der Waals surface area (Å²) in [5, 5.41) is 0. The van der Waals surface area contributed by atoms with Gasteiger partial charge in [0.25, 0.3) is 0 Å². The van der Waals surface area contributed by atoms with E-state index < -0.39 is 0 Å². The first-order chi connectivity index (χ1) is 12.7. The average Bonchev–Trinajstić information content (AvgIpc) is 2.63. The van der Waals surface area contributed by atoms with Crippen molar-refractivity contribution in [2.45, 2.75) is 9.79 Å². The van der Waals surface area contributed by atoms with Crippen molar-refractivity contribution in [3.8, 4) is 0 Å². The van der Waals surface area contributed by atoms with Crippen LogP contribution >= 0.6 is 21.6 Å². The maximum absolute atomic E-state index is 10.6. The number of aliphatic imine (C=N–C) groups is 4. The van der Waals surface area contributed by atoms with Gasteiger partial charge in [0.15, 0.2) is 0 Å². The molecule has 0 amide bonds. The minimum Gasteiger partial charge on any atom is -0.211 e. The maximum atomic E-state index is 10.6. The van der Waals surface area contributed by atoms with Crippen LogP contribution in [0.2, 0.25) is 0 Å². The van der Waals surface area contributed by atoms with Crippen molar-refractivity contribution in [2.24, 2.45) is 20.0 Å². The summed E-state index contributed by atoms with van der Waals surface area (Å²) in [6, 6.07) is 9.24. The van der Waals surface area contributed by atoms with E-state index in [0.717, 1.165) is 0 Å². The number of rotatable bonds is 7. The van der Waals surface area contributed by atoms with Crippen molar-refractivity contribution in [3.63, 3.8) is 0 Å². The van der Waals surface area contributed by atoms with Gasteiger partial charge in [0.05, 0.1) is 22.7 Å². The fraction of sp³-hybridized carbons (Fsp3) is 0. The summed E-state index contributed by atoms with van der Waals surface area (Å²) in [6.07, 6.45) is 5.69. The molecule has 0 saturated heterocycles. The molecular weight excluding hydrogens is 376 g/mol. The molecule has 26 heavy (non-hydrogen) atoms. The van der Waals surface area contributed by atoms with Gasteiger partial charge in [-0.2, -0.15) is 20.0 Å². The lowest BCUT2D eigenvalue weighted by Gasteiger charge is -2.06. The zero-order valence-electron chi connectivity index (χ0n) is 12.7. The Bertz CT molecular complexity index is 947. The van der Waals surface area contributed by atoms with Crippen LogP contribution < -0.4 is 0 Å². The molecule has 8 nitrogen and oxygen atoms in total. The molecule has 126 valence electrons. The quantitative estimate of drug-likeness (QED) is 0.399. The van der Waals surface area contributed by atoms with Gasteiger partial charge in [0.1, 0.15) is 0 Å².